The highest BCUT2D eigenvalue weighted by molar-refractivity contribution is 7.80. The summed E-state index contributed by atoms with van der Waals surface area (Å²) in [5.74, 6) is 0.183. The molecule has 15 heavy (non-hydrogen) atoms. The fourth-order valence-corrected chi connectivity index (χ4v) is 1.36. The summed E-state index contributed by atoms with van der Waals surface area (Å²) >= 11 is 4.86. The number of hydrogen-bond acceptors (Lipinski definition) is 2. The number of halogens is 1. The highest BCUT2D eigenvalue weighted by Gasteiger charge is 2.06. The van der Waals surface area contributed by atoms with Crippen LogP contribution >= 0.6 is 12.2 Å². The molecule has 1 aromatic rings. The molecule has 0 spiro atoms. The number of benzene rings is 1. The molecule has 82 valence electrons. The van der Waals surface area contributed by atoms with E-state index in [1.165, 1.54) is 12.1 Å². The normalized spacial score (nSPS) is 10.4. The number of rotatable bonds is 4. The summed E-state index contributed by atoms with van der Waals surface area (Å²) in [6, 6.07) is 4.40. The van der Waals surface area contributed by atoms with Crippen molar-refractivity contribution in [2.75, 3.05) is 11.9 Å². The van der Waals surface area contributed by atoms with E-state index in [-0.39, 0.29) is 10.8 Å². The number of nitrogens with two attached hydrogens (primary N) is 1. The number of nitrogens with one attached hydrogen (secondary N) is 1. The molecule has 1 aromatic carbocycles. The van der Waals surface area contributed by atoms with Crippen molar-refractivity contribution in [3.05, 3.63) is 29.6 Å². The minimum absolute atomic E-state index is 0.209. The van der Waals surface area contributed by atoms with Crippen LogP contribution in [0.15, 0.2) is 18.2 Å². The molecular weight excluding hydrogens is 211 g/mol. The van der Waals surface area contributed by atoms with Crippen LogP contribution in [0, 0.1) is 11.7 Å². The van der Waals surface area contributed by atoms with E-state index in [1.807, 2.05) is 0 Å². The molecule has 1 rings (SSSR count). The van der Waals surface area contributed by atoms with Gasteiger partial charge in [-0.05, 0) is 24.1 Å². The summed E-state index contributed by atoms with van der Waals surface area (Å²) in [6.07, 6.45) is 0. The second-order valence-electron chi connectivity index (χ2n) is 3.83. The molecule has 0 unspecified atom stereocenters. The fourth-order valence-electron chi connectivity index (χ4n) is 1.19. The van der Waals surface area contributed by atoms with Crippen molar-refractivity contribution >= 4 is 22.9 Å². The van der Waals surface area contributed by atoms with E-state index in [1.54, 1.807) is 6.07 Å². The van der Waals surface area contributed by atoms with Gasteiger partial charge in [-0.2, -0.15) is 0 Å². The molecule has 0 aliphatic carbocycles. The first kappa shape index (κ1) is 11.9. The van der Waals surface area contributed by atoms with Crippen molar-refractivity contribution in [3.63, 3.8) is 0 Å². The first-order valence-electron chi connectivity index (χ1n) is 4.84. The smallest absolute Gasteiger partial charge is 0.124 e. The van der Waals surface area contributed by atoms with Crippen LogP contribution in [0.5, 0.6) is 0 Å². The third-order valence-electron chi connectivity index (χ3n) is 1.95. The molecule has 0 amide bonds. The van der Waals surface area contributed by atoms with Gasteiger partial charge < -0.3 is 11.1 Å². The van der Waals surface area contributed by atoms with Crippen LogP contribution in [0.1, 0.15) is 19.4 Å². The fraction of sp³-hybridized carbons (Fsp3) is 0.364. The van der Waals surface area contributed by atoms with Gasteiger partial charge in [0.15, 0.2) is 0 Å². The summed E-state index contributed by atoms with van der Waals surface area (Å²) < 4.78 is 13.0. The minimum atomic E-state index is -0.326. The summed E-state index contributed by atoms with van der Waals surface area (Å²) in [4.78, 5) is 0.209. The van der Waals surface area contributed by atoms with Crippen molar-refractivity contribution in [3.8, 4) is 0 Å². The molecule has 0 aliphatic rings. The summed E-state index contributed by atoms with van der Waals surface area (Å²) in [5, 5.41) is 3.19. The molecule has 0 bridgehead atoms. The van der Waals surface area contributed by atoms with E-state index in [2.05, 4.69) is 19.2 Å². The minimum Gasteiger partial charge on any atom is -0.389 e. The third kappa shape index (κ3) is 3.47. The number of hydrogen-bond donors (Lipinski definition) is 2. The summed E-state index contributed by atoms with van der Waals surface area (Å²) in [6.45, 7) is 5.00. The lowest BCUT2D eigenvalue weighted by molar-refractivity contribution is 0.627. The summed E-state index contributed by atoms with van der Waals surface area (Å²) in [5.41, 5.74) is 6.86. The molecular formula is C11H15FN2S. The van der Waals surface area contributed by atoms with Crippen LogP contribution in [0.4, 0.5) is 10.1 Å². The average molecular weight is 226 g/mol. The van der Waals surface area contributed by atoms with Crippen molar-refractivity contribution in [2.24, 2.45) is 11.7 Å². The molecule has 0 aliphatic heterocycles. The van der Waals surface area contributed by atoms with Crippen LogP contribution in [0.3, 0.4) is 0 Å². The van der Waals surface area contributed by atoms with Crippen molar-refractivity contribution in [1.82, 2.24) is 0 Å². The van der Waals surface area contributed by atoms with Crippen LogP contribution in [0.25, 0.3) is 0 Å². The van der Waals surface area contributed by atoms with Gasteiger partial charge in [-0.1, -0.05) is 26.1 Å². The largest absolute Gasteiger partial charge is 0.389 e. The maximum absolute atomic E-state index is 13.0. The molecule has 0 aromatic heterocycles. The van der Waals surface area contributed by atoms with Crippen molar-refractivity contribution in [1.29, 1.82) is 0 Å². The summed E-state index contributed by atoms with van der Waals surface area (Å²) in [7, 11) is 0. The second kappa shape index (κ2) is 5.07. The zero-order valence-electron chi connectivity index (χ0n) is 8.88. The molecule has 0 radical (unpaired) electrons. The highest BCUT2D eigenvalue weighted by Crippen LogP contribution is 2.17. The molecule has 0 heterocycles. The Labute approximate surface area is 94.7 Å². The lowest BCUT2D eigenvalue weighted by Gasteiger charge is -2.12. The molecule has 0 fully saturated rings. The Morgan fingerprint density at radius 2 is 2.20 bits per heavy atom. The number of anilines is 1. The Hall–Kier alpha value is -1.16. The van der Waals surface area contributed by atoms with Crippen LogP contribution in [-0.2, 0) is 0 Å². The first-order chi connectivity index (χ1) is 7.00. The van der Waals surface area contributed by atoms with Gasteiger partial charge in [0.1, 0.15) is 10.8 Å². The van der Waals surface area contributed by atoms with Gasteiger partial charge in [-0.3, -0.25) is 0 Å². The zero-order chi connectivity index (χ0) is 11.4. The van der Waals surface area contributed by atoms with Gasteiger partial charge in [0.25, 0.3) is 0 Å². The Bertz CT molecular complexity index is 364. The predicted octanol–water partition coefficient (Wildman–Crippen LogP) is 2.53. The Morgan fingerprint density at radius 3 is 2.73 bits per heavy atom. The van der Waals surface area contributed by atoms with Crippen LogP contribution < -0.4 is 11.1 Å². The predicted molar refractivity (Wildman–Crippen MR) is 65.6 cm³/mol. The van der Waals surface area contributed by atoms with Crippen LogP contribution in [-0.4, -0.2) is 11.5 Å². The van der Waals surface area contributed by atoms with Crippen LogP contribution in [0.2, 0.25) is 0 Å². The van der Waals surface area contributed by atoms with Gasteiger partial charge >= 0.3 is 0 Å². The SMILES string of the molecule is CC(C)CNc1ccc(F)cc1C(N)=S. The molecule has 4 heteroatoms. The lowest BCUT2D eigenvalue weighted by atomic mass is 10.1. The van der Waals surface area contributed by atoms with Gasteiger partial charge in [-0.15, -0.1) is 0 Å². The quantitative estimate of drug-likeness (QED) is 0.775. The third-order valence-corrected chi connectivity index (χ3v) is 2.17. The van der Waals surface area contributed by atoms with Crippen molar-refractivity contribution < 1.29 is 4.39 Å². The van der Waals surface area contributed by atoms with Gasteiger partial charge in [-0.25, -0.2) is 4.39 Å². The number of thiocarbonyl (C=S) groups is 1. The van der Waals surface area contributed by atoms with E-state index in [0.717, 1.165) is 12.2 Å². The van der Waals surface area contributed by atoms with E-state index in [9.17, 15) is 4.39 Å². The monoisotopic (exact) mass is 226 g/mol. The molecule has 0 saturated heterocycles. The van der Waals surface area contributed by atoms with Crippen molar-refractivity contribution in [2.45, 2.75) is 13.8 Å². The molecule has 0 atom stereocenters. The first-order valence-corrected chi connectivity index (χ1v) is 5.24. The van der Waals surface area contributed by atoms with E-state index < -0.39 is 0 Å². The Balaban J connectivity index is 2.91. The Kier molecular flexibility index (Phi) is 4.03. The van der Waals surface area contributed by atoms with Gasteiger partial charge in [0, 0.05) is 17.8 Å². The van der Waals surface area contributed by atoms with E-state index in [4.69, 9.17) is 18.0 Å². The Morgan fingerprint density at radius 1 is 1.53 bits per heavy atom. The maximum Gasteiger partial charge on any atom is 0.124 e. The molecule has 2 nitrogen and oxygen atoms in total. The van der Waals surface area contributed by atoms with Gasteiger partial charge in [0.05, 0.1) is 0 Å². The zero-order valence-corrected chi connectivity index (χ0v) is 9.70. The average Bonchev–Trinajstić information content (AvgIpc) is 2.15. The topological polar surface area (TPSA) is 38.0 Å². The standard InChI is InChI=1S/C11H15FN2S/c1-7(2)6-14-10-4-3-8(12)5-9(10)11(13)15/h3-5,7,14H,6H2,1-2H3,(H2,13,15). The van der Waals surface area contributed by atoms with Gasteiger partial charge in [0.2, 0.25) is 0 Å². The van der Waals surface area contributed by atoms with E-state index in [0.29, 0.717) is 11.5 Å². The second-order valence-corrected chi connectivity index (χ2v) is 4.27. The highest BCUT2D eigenvalue weighted by atomic mass is 32.1. The molecule has 3 N–H and O–H groups in total. The van der Waals surface area contributed by atoms with E-state index >= 15 is 0 Å². The molecule has 0 saturated carbocycles. The maximum atomic E-state index is 13.0. The lowest BCUT2D eigenvalue weighted by Crippen LogP contribution is -2.15.